The first-order chi connectivity index (χ1) is 11.3. The van der Waals surface area contributed by atoms with Gasteiger partial charge in [-0.15, -0.1) is 0 Å². The van der Waals surface area contributed by atoms with E-state index in [1.54, 1.807) is 0 Å². The molecule has 1 aromatic rings. The largest absolute Gasteiger partial charge is 0.513 e. The van der Waals surface area contributed by atoms with Gasteiger partial charge in [0, 0.05) is 12.1 Å². The number of carbonyl (C=O) groups is 1. The molecule has 0 saturated carbocycles. The van der Waals surface area contributed by atoms with Crippen LogP contribution >= 0.6 is 0 Å². The van der Waals surface area contributed by atoms with Crippen molar-refractivity contribution in [3.05, 3.63) is 34.4 Å². The van der Waals surface area contributed by atoms with Crippen LogP contribution in [0.2, 0.25) is 0 Å². The molecular weight excluding hydrogens is 330 g/mol. The van der Waals surface area contributed by atoms with Gasteiger partial charge in [-0.1, -0.05) is 0 Å². The molecule has 5 atom stereocenters. The second-order valence-corrected chi connectivity index (χ2v) is 4.95. The molecular formula is C13H15NO10. The zero-order valence-corrected chi connectivity index (χ0v) is 12.1. The molecule has 1 fully saturated rings. The fourth-order valence-corrected chi connectivity index (χ4v) is 1.98. The van der Waals surface area contributed by atoms with E-state index in [1.807, 2.05) is 0 Å². The van der Waals surface area contributed by atoms with Gasteiger partial charge in [-0.2, -0.15) is 0 Å². The number of nitrogens with zero attached hydrogens (tertiary/aromatic N) is 1. The first kappa shape index (κ1) is 18.0. The van der Waals surface area contributed by atoms with E-state index in [-0.39, 0.29) is 11.4 Å². The van der Waals surface area contributed by atoms with Crippen molar-refractivity contribution < 1.29 is 44.4 Å². The van der Waals surface area contributed by atoms with Crippen LogP contribution in [0.1, 0.15) is 0 Å². The fourth-order valence-electron chi connectivity index (χ4n) is 1.98. The molecule has 0 unspecified atom stereocenters. The van der Waals surface area contributed by atoms with Crippen LogP contribution in [0.25, 0.3) is 0 Å². The Hall–Kier alpha value is -2.31. The summed E-state index contributed by atoms with van der Waals surface area (Å²) in [6.45, 7) is -0.562. The average molecular weight is 345 g/mol. The predicted molar refractivity (Wildman–Crippen MR) is 74.0 cm³/mol. The van der Waals surface area contributed by atoms with E-state index >= 15 is 0 Å². The fraction of sp³-hybridized carbons (Fsp3) is 0.462. The maximum atomic E-state index is 11.5. The van der Waals surface area contributed by atoms with Crippen molar-refractivity contribution in [2.45, 2.75) is 30.7 Å². The minimum atomic E-state index is -1.75. The number of benzene rings is 1. The minimum absolute atomic E-state index is 0.00815. The third kappa shape index (κ3) is 4.15. The van der Waals surface area contributed by atoms with Crippen LogP contribution in [0.5, 0.6) is 5.75 Å². The summed E-state index contributed by atoms with van der Waals surface area (Å²) in [7, 11) is 0. The standard InChI is InChI=1S/C13H15NO10/c15-9-8(24-12(18)11(17)10(9)16)5-22-13(19)23-7-3-1-6(2-4-7)14(20)21/h1-4,8-12,15-18H,5H2/t8-,9-,10+,11-,12+/m1/s1. The van der Waals surface area contributed by atoms with Gasteiger partial charge in [0.15, 0.2) is 6.29 Å². The smallest absolute Gasteiger partial charge is 0.431 e. The number of carbonyl (C=O) groups excluding carboxylic acids is 1. The SMILES string of the molecule is O=C(OC[C@H]1O[C@H](O)[C@H](O)[C@@H](O)[C@@H]1O)Oc1ccc([N+](=O)[O-])cc1. The van der Waals surface area contributed by atoms with Crippen LogP contribution in [0.15, 0.2) is 24.3 Å². The van der Waals surface area contributed by atoms with E-state index in [4.69, 9.17) is 9.47 Å². The monoisotopic (exact) mass is 345 g/mol. The third-order valence-electron chi connectivity index (χ3n) is 3.30. The van der Waals surface area contributed by atoms with Crippen LogP contribution < -0.4 is 4.74 Å². The second kappa shape index (κ2) is 7.51. The van der Waals surface area contributed by atoms with Crippen molar-refractivity contribution in [3.63, 3.8) is 0 Å². The van der Waals surface area contributed by atoms with Gasteiger partial charge < -0.3 is 34.6 Å². The summed E-state index contributed by atoms with van der Waals surface area (Å²) in [5.74, 6) is -0.00815. The van der Waals surface area contributed by atoms with E-state index in [9.17, 15) is 35.3 Å². The summed E-state index contributed by atoms with van der Waals surface area (Å²) in [6, 6.07) is 4.64. The number of rotatable bonds is 4. The summed E-state index contributed by atoms with van der Waals surface area (Å²) in [5.41, 5.74) is -0.184. The Morgan fingerprint density at radius 2 is 1.75 bits per heavy atom. The van der Waals surface area contributed by atoms with Crippen LogP contribution in [0, 0.1) is 10.1 Å². The average Bonchev–Trinajstić information content (AvgIpc) is 2.55. The molecule has 0 amide bonds. The summed E-state index contributed by atoms with van der Waals surface area (Å²) >= 11 is 0. The molecule has 0 bridgehead atoms. The molecule has 11 heteroatoms. The molecule has 1 aromatic carbocycles. The number of non-ortho nitro benzene ring substituents is 1. The number of ether oxygens (including phenoxy) is 3. The lowest BCUT2D eigenvalue weighted by Crippen LogP contribution is -2.58. The van der Waals surface area contributed by atoms with Gasteiger partial charge in [-0.3, -0.25) is 10.1 Å². The maximum absolute atomic E-state index is 11.5. The Bertz CT molecular complexity index is 591. The molecule has 4 N–H and O–H groups in total. The Labute approximate surface area is 134 Å². The van der Waals surface area contributed by atoms with E-state index in [1.165, 1.54) is 12.1 Å². The highest BCUT2D eigenvalue weighted by Gasteiger charge is 2.43. The van der Waals surface area contributed by atoms with E-state index < -0.39 is 48.4 Å². The molecule has 1 aliphatic heterocycles. The second-order valence-electron chi connectivity index (χ2n) is 4.95. The first-order valence-corrected chi connectivity index (χ1v) is 6.76. The van der Waals surface area contributed by atoms with Crippen molar-refractivity contribution in [2.24, 2.45) is 0 Å². The van der Waals surface area contributed by atoms with Crippen molar-refractivity contribution in [3.8, 4) is 5.75 Å². The predicted octanol–water partition coefficient (Wildman–Crippen LogP) is -1.09. The molecule has 1 aliphatic rings. The Balaban J connectivity index is 1.85. The third-order valence-corrected chi connectivity index (χ3v) is 3.30. The molecule has 0 spiro atoms. The number of hydrogen-bond acceptors (Lipinski definition) is 10. The van der Waals surface area contributed by atoms with Crippen LogP contribution in [0.3, 0.4) is 0 Å². The number of aliphatic hydroxyl groups is 4. The Morgan fingerprint density at radius 3 is 2.33 bits per heavy atom. The van der Waals surface area contributed by atoms with E-state index in [0.717, 1.165) is 12.1 Å². The molecule has 2 rings (SSSR count). The highest BCUT2D eigenvalue weighted by Crippen LogP contribution is 2.21. The Kier molecular flexibility index (Phi) is 5.64. The number of aliphatic hydroxyl groups excluding tert-OH is 4. The number of nitro benzene ring substituents is 1. The first-order valence-electron chi connectivity index (χ1n) is 6.76. The van der Waals surface area contributed by atoms with Gasteiger partial charge in [-0.25, -0.2) is 4.79 Å². The van der Waals surface area contributed by atoms with Crippen LogP contribution in [-0.4, -0.2) is 68.8 Å². The van der Waals surface area contributed by atoms with Crippen molar-refractivity contribution in [2.75, 3.05) is 6.61 Å². The highest BCUT2D eigenvalue weighted by atomic mass is 16.7. The lowest BCUT2D eigenvalue weighted by Gasteiger charge is -2.37. The molecule has 11 nitrogen and oxygen atoms in total. The lowest BCUT2D eigenvalue weighted by atomic mass is 9.99. The Morgan fingerprint density at radius 1 is 1.12 bits per heavy atom. The van der Waals surface area contributed by atoms with Gasteiger partial charge in [0.05, 0.1) is 4.92 Å². The lowest BCUT2D eigenvalue weighted by molar-refractivity contribution is -0.384. The van der Waals surface area contributed by atoms with E-state index in [0.29, 0.717) is 0 Å². The van der Waals surface area contributed by atoms with Crippen molar-refractivity contribution in [1.29, 1.82) is 0 Å². The van der Waals surface area contributed by atoms with Gasteiger partial charge in [0.2, 0.25) is 0 Å². The summed E-state index contributed by atoms with van der Waals surface area (Å²) in [4.78, 5) is 21.4. The normalized spacial score (nSPS) is 29.8. The summed E-state index contributed by atoms with van der Waals surface area (Å²) < 4.78 is 14.2. The molecule has 132 valence electrons. The maximum Gasteiger partial charge on any atom is 0.513 e. The quantitative estimate of drug-likeness (QED) is 0.228. The molecule has 24 heavy (non-hydrogen) atoms. The van der Waals surface area contributed by atoms with Crippen LogP contribution in [0.4, 0.5) is 10.5 Å². The zero-order chi connectivity index (χ0) is 17.9. The van der Waals surface area contributed by atoms with Gasteiger partial charge >= 0.3 is 6.16 Å². The van der Waals surface area contributed by atoms with Crippen LogP contribution in [-0.2, 0) is 9.47 Å². The summed E-state index contributed by atoms with van der Waals surface area (Å²) in [6.07, 6.45) is -9.16. The van der Waals surface area contributed by atoms with Crippen molar-refractivity contribution in [1.82, 2.24) is 0 Å². The molecule has 0 radical (unpaired) electrons. The van der Waals surface area contributed by atoms with E-state index in [2.05, 4.69) is 4.74 Å². The summed E-state index contributed by atoms with van der Waals surface area (Å²) in [5, 5.41) is 48.3. The number of hydrogen-bond donors (Lipinski definition) is 4. The molecule has 1 heterocycles. The molecule has 0 aromatic heterocycles. The zero-order valence-electron chi connectivity index (χ0n) is 12.1. The number of nitro groups is 1. The van der Waals surface area contributed by atoms with Gasteiger partial charge in [0.1, 0.15) is 36.8 Å². The molecule has 0 aliphatic carbocycles. The van der Waals surface area contributed by atoms with Crippen molar-refractivity contribution >= 4 is 11.8 Å². The highest BCUT2D eigenvalue weighted by molar-refractivity contribution is 5.64. The minimum Gasteiger partial charge on any atom is -0.431 e. The van der Waals surface area contributed by atoms with Gasteiger partial charge in [-0.05, 0) is 12.1 Å². The van der Waals surface area contributed by atoms with Gasteiger partial charge in [0.25, 0.3) is 5.69 Å². The topological polar surface area (TPSA) is 169 Å². The molecule has 1 saturated heterocycles.